The summed E-state index contributed by atoms with van der Waals surface area (Å²) in [5.74, 6) is -0.388. The van der Waals surface area contributed by atoms with E-state index in [-0.39, 0.29) is 12.2 Å². The van der Waals surface area contributed by atoms with Crippen LogP contribution in [0.2, 0.25) is 0 Å². The second kappa shape index (κ2) is 8.47. The summed E-state index contributed by atoms with van der Waals surface area (Å²) in [6, 6.07) is 5.91. The minimum atomic E-state index is -0.767. The van der Waals surface area contributed by atoms with Gasteiger partial charge in [0.2, 0.25) is 0 Å². The lowest BCUT2D eigenvalue weighted by Crippen LogP contribution is -2.19. The number of carbonyl (C=O) groups is 1. The fourth-order valence-corrected chi connectivity index (χ4v) is 1.41. The molecule has 0 heterocycles. The van der Waals surface area contributed by atoms with E-state index in [1.165, 1.54) is 12.1 Å². The van der Waals surface area contributed by atoms with Gasteiger partial charge in [-0.2, -0.15) is 0 Å². The van der Waals surface area contributed by atoms with Crippen molar-refractivity contribution in [2.24, 2.45) is 0 Å². The van der Waals surface area contributed by atoms with Gasteiger partial charge in [-0.15, -0.1) is 0 Å². The first-order valence-electron chi connectivity index (χ1n) is 5.99. The van der Waals surface area contributed by atoms with Crippen LogP contribution in [0, 0.1) is 5.82 Å². The van der Waals surface area contributed by atoms with Crippen LogP contribution >= 0.6 is 0 Å². The zero-order valence-electron chi connectivity index (χ0n) is 10.2. The largest absolute Gasteiger partial charge is 0.494 e. The number of hydrogen-bond acceptors (Lipinski definition) is 3. The van der Waals surface area contributed by atoms with Gasteiger partial charge in [0.05, 0.1) is 6.61 Å². The van der Waals surface area contributed by atoms with E-state index in [9.17, 15) is 9.18 Å². The summed E-state index contributed by atoms with van der Waals surface area (Å²) in [6.45, 7) is 2.03. The molecule has 18 heavy (non-hydrogen) atoms. The lowest BCUT2D eigenvalue weighted by molar-refractivity contribution is -0.137. The zero-order valence-corrected chi connectivity index (χ0v) is 10.2. The van der Waals surface area contributed by atoms with Crippen molar-refractivity contribution < 1.29 is 19.0 Å². The average Bonchev–Trinajstić information content (AvgIpc) is 2.34. The Morgan fingerprint density at radius 2 is 1.89 bits per heavy atom. The van der Waals surface area contributed by atoms with Crippen LogP contribution < -0.4 is 10.1 Å². The number of ether oxygens (including phenoxy) is 1. The van der Waals surface area contributed by atoms with E-state index in [2.05, 4.69) is 5.32 Å². The van der Waals surface area contributed by atoms with Gasteiger partial charge in [0.15, 0.2) is 0 Å². The summed E-state index contributed by atoms with van der Waals surface area (Å²) in [5.41, 5.74) is 0. The normalized spacial score (nSPS) is 10.3. The highest BCUT2D eigenvalue weighted by Gasteiger charge is 1.96. The van der Waals surface area contributed by atoms with Gasteiger partial charge in [0.1, 0.15) is 11.6 Å². The van der Waals surface area contributed by atoms with Crippen molar-refractivity contribution in [3.05, 3.63) is 30.1 Å². The Balaban J connectivity index is 1.95. The Kier molecular flexibility index (Phi) is 6.79. The predicted molar refractivity (Wildman–Crippen MR) is 66.3 cm³/mol. The van der Waals surface area contributed by atoms with Gasteiger partial charge < -0.3 is 15.2 Å². The minimum absolute atomic E-state index is 0.194. The third-order valence-corrected chi connectivity index (χ3v) is 2.32. The zero-order chi connectivity index (χ0) is 13.2. The quantitative estimate of drug-likeness (QED) is 0.663. The number of halogens is 1. The van der Waals surface area contributed by atoms with Gasteiger partial charge in [-0.1, -0.05) is 0 Å². The van der Waals surface area contributed by atoms with Crippen molar-refractivity contribution in [3.63, 3.8) is 0 Å². The monoisotopic (exact) mass is 255 g/mol. The number of nitrogens with one attached hydrogen (secondary N) is 1. The predicted octanol–water partition coefficient (Wildman–Crippen LogP) is 2.05. The molecule has 0 aromatic heterocycles. The number of carboxylic acid groups (broad SMARTS) is 1. The van der Waals surface area contributed by atoms with E-state index >= 15 is 0 Å². The molecule has 0 bridgehead atoms. The molecule has 2 N–H and O–H groups in total. The summed E-state index contributed by atoms with van der Waals surface area (Å²) in [4.78, 5) is 10.2. The molecule has 4 nitrogen and oxygen atoms in total. The first-order chi connectivity index (χ1) is 8.68. The number of rotatable bonds is 9. The van der Waals surface area contributed by atoms with Crippen molar-refractivity contribution >= 4 is 5.97 Å². The Labute approximate surface area is 106 Å². The van der Waals surface area contributed by atoms with E-state index in [1.54, 1.807) is 12.1 Å². The third-order valence-electron chi connectivity index (χ3n) is 2.32. The number of benzene rings is 1. The van der Waals surface area contributed by atoms with Crippen LogP contribution in [0.3, 0.4) is 0 Å². The third kappa shape index (κ3) is 6.85. The lowest BCUT2D eigenvalue weighted by Gasteiger charge is -2.06. The molecular formula is C13H18FNO3. The number of carboxylic acids is 1. The van der Waals surface area contributed by atoms with Crippen LogP contribution in [0.5, 0.6) is 5.75 Å². The highest BCUT2D eigenvalue weighted by atomic mass is 19.1. The molecule has 0 spiro atoms. The molecule has 5 heteroatoms. The van der Waals surface area contributed by atoms with Crippen LogP contribution in [-0.4, -0.2) is 30.8 Å². The van der Waals surface area contributed by atoms with Crippen molar-refractivity contribution in [2.75, 3.05) is 19.7 Å². The van der Waals surface area contributed by atoms with E-state index in [1.807, 2.05) is 0 Å². The van der Waals surface area contributed by atoms with Crippen molar-refractivity contribution in [2.45, 2.75) is 19.3 Å². The summed E-state index contributed by atoms with van der Waals surface area (Å²) < 4.78 is 18.0. The Hall–Kier alpha value is -1.62. The minimum Gasteiger partial charge on any atom is -0.494 e. The van der Waals surface area contributed by atoms with E-state index in [0.717, 1.165) is 13.0 Å². The van der Waals surface area contributed by atoms with E-state index in [0.29, 0.717) is 25.3 Å². The highest BCUT2D eigenvalue weighted by Crippen LogP contribution is 2.10. The van der Waals surface area contributed by atoms with Crippen molar-refractivity contribution in [1.29, 1.82) is 0 Å². The second-order valence-corrected chi connectivity index (χ2v) is 3.90. The first kappa shape index (κ1) is 14.4. The second-order valence-electron chi connectivity index (χ2n) is 3.90. The molecule has 0 saturated carbocycles. The maximum Gasteiger partial charge on any atom is 0.303 e. The molecular weight excluding hydrogens is 237 g/mol. The van der Waals surface area contributed by atoms with Crippen LogP contribution in [0.4, 0.5) is 4.39 Å². The molecule has 0 radical (unpaired) electrons. The maximum absolute atomic E-state index is 12.6. The molecule has 0 aliphatic carbocycles. The molecule has 1 aromatic carbocycles. The molecule has 0 aliphatic heterocycles. The van der Waals surface area contributed by atoms with Gasteiger partial charge in [0.25, 0.3) is 0 Å². The first-order valence-corrected chi connectivity index (χ1v) is 5.99. The van der Waals surface area contributed by atoms with Gasteiger partial charge in [-0.05, 0) is 50.2 Å². The van der Waals surface area contributed by atoms with Gasteiger partial charge in [0, 0.05) is 6.42 Å². The highest BCUT2D eigenvalue weighted by molar-refractivity contribution is 5.66. The summed E-state index contributed by atoms with van der Waals surface area (Å²) in [7, 11) is 0. The van der Waals surface area contributed by atoms with Gasteiger partial charge in [-0.25, -0.2) is 4.39 Å². The fourth-order valence-electron chi connectivity index (χ4n) is 1.41. The van der Waals surface area contributed by atoms with Crippen LogP contribution in [0.25, 0.3) is 0 Å². The standard InChI is InChI=1S/C13H18FNO3/c14-11-4-6-12(7-5-11)18-10-2-9-15-8-1-3-13(16)17/h4-7,15H,1-3,8-10H2,(H,16,17). The van der Waals surface area contributed by atoms with Crippen molar-refractivity contribution in [3.8, 4) is 5.75 Å². The van der Waals surface area contributed by atoms with Crippen LogP contribution in [0.15, 0.2) is 24.3 Å². The molecule has 0 unspecified atom stereocenters. The fraction of sp³-hybridized carbons (Fsp3) is 0.462. The topological polar surface area (TPSA) is 58.6 Å². The number of aliphatic carboxylic acids is 1. The van der Waals surface area contributed by atoms with Crippen LogP contribution in [0.1, 0.15) is 19.3 Å². The summed E-state index contributed by atoms with van der Waals surface area (Å²) >= 11 is 0. The molecule has 0 amide bonds. The van der Waals surface area contributed by atoms with Crippen molar-refractivity contribution in [1.82, 2.24) is 5.32 Å². The maximum atomic E-state index is 12.6. The smallest absolute Gasteiger partial charge is 0.303 e. The Morgan fingerprint density at radius 1 is 1.22 bits per heavy atom. The summed E-state index contributed by atoms with van der Waals surface area (Å²) in [5, 5.41) is 11.6. The molecule has 100 valence electrons. The van der Waals surface area contributed by atoms with Gasteiger partial charge >= 0.3 is 5.97 Å². The molecule has 1 aromatic rings. The van der Waals surface area contributed by atoms with Gasteiger partial charge in [-0.3, -0.25) is 4.79 Å². The van der Waals surface area contributed by atoms with E-state index < -0.39 is 5.97 Å². The van der Waals surface area contributed by atoms with E-state index in [4.69, 9.17) is 9.84 Å². The number of hydrogen-bond donors (Lipinski definition) is 2. The molecule has 0 fully saturated rings. The average molecular weight is 255 g/mol. The molecule has 0 atom stereocenters. The SMILES string of the molecule is O=C(O)CCCNCCCOc1ccc(F)cc1. The molecule has 0 aliphatic rings. The lowest BCUT2D eigenvalue weighted by atomic mass is 10.3. The Morgan fingerprint density at radius 3 is 2.56 bits per heavy atom. The summed E-state index contributed by atoms with van der Waals surface area (Å²) in [6.07, 6.45) is 1.65. The Bertz CT molecular complexity index is 354. The molecule has 0 saturated heterocycles. The van der Waals surface area contributed by atoms with Crippen LogP contribution in [-0.2, 0) is 4.79 Å². The molecule has 1 rings (SSSR count).